The highest BCUT2D eigenvalue weighted by molar-refractivity contribution is 6.35. The summed E-state index contributed by atoms with van der Waals surface area (Å²) in [7, 11) is 3.42. The first-order chi connectivity index (χ1) is 16.5. The summed E-state index contributed by atoms with van der Waals surface area (Å²) in [5.41, 5.74) is 3.25. The topological polar surface area (TPSA) is 68.3 Å². The lowest BCUT2D eigenvalue weighted by Crippen LogP contribution is -2.33. The number of amides is 2. The fourth-order valence-electron chi connectivity index (χ4n) is 4.24. The summed E-state index contributed by atoms with van der Waals surface area (Å²) in [6, 6.07) is 22.5. The molecule has 0 bridgehead atoms. The minimum absolute atomic E-state index is 0.136. The number of nitrogens with zero attached hydrogens (tertiary/aromatic N) is 2. The first-order valence-electron chi connectivity index (χ1n) is 10.9. The number of benzene rings is 3. The number of rotatable bonds is 7. The molecule has 0 atom stereocenters. The highest BCUT2D eigenvalue weighted by atomic mass is 16.7. The number of hydrogen-bond donors (Lipinski definition) is 0. The van der Waals surface area contributed by atoms with Crippen LogP contribution in [0.5, 0.6) is 17.2 Å². The molecule has 0 fully saturated rings. The van der Waals surface area contributed by atoms with Crippen LogP contribution in [0.3, 0.4) is 0 Å². The Hall–Kier alpha value is -4.26. The second-order valence-corrected chi connectivity index (χ2v) is 8.18. The Kier molecular flexibility index (Phi) is 5.67. The predicted octanol–water partition coefficient (Wildman–Crippen LogP) is 3.84. The Labute approximate surface area is 197 Å². The van der Waals surface area contributed by atoms with Gasteiger partial charge < -0.3 is 19.1 Å². The molecule has 3 aromatic rings. The quantitative estimate of drug-likeness (QED) is 0.504. The molecule has 0 unspecified atom stereocenters. The molecule has 7 heteroatoms. The van der Waals surface area contributed by atoms with E-state index < -0.39 is 0 Å². The van der Waals surface area contributed by atoms with Crippen LogP contribution in [-0.4, -0.2) is 42.6 Å². The molecule has 172 valence electrons. The van der Waals surface area contributed by atoms with Gasteiger partial charge in [-0.15, -0.1) is 0 Å². The molecule has 0 aromatic heterocycles. The van der Waals surface area contributed by atoms with Crippen LogP contribution < -0.4 is 14.2 Å². The zero-order chi connectivity index (χ0) is 23.7. The average molecular weight is 456 g/mol. The molecule has 34 heavy (non-hydrogen) atoms. The van der Waals surface area contributed by atoms with E-state index in [9.17, 15) is 9.59 Å². The van der Waals surface area contributed by atoms with Crippen LogP contribution in [0.1, 0.15) is 16.7 Å². The zero-order valence-electron chi connectivity index (χ0n) is 19.0. The molecule has 0 radical (unpaired) electrons. The fourth-order valence-corrected chi connectivity index (χ4v) is 4.24. The van der Waals surface area contributed by atoms with Gasteiger partial charge in [-0.3, -0.25) is 14.5 Å². The van der Waals surface area contributed by atoms with Crippen molar-refractivity contribution in [3.05, 3.63) is 95.2 Å². The molecule has 2 heterocycles. The Morgan fingerprint density at radius 2 is 1.62 bits per heavy atom. The van der Waals surface area contributed by atoms with E-state index in [1.165, 1.54) is 4.90 Å². The monoisotopic (exact) mass is 456 g/mol. The number of methoxy groups -OCH3 is 1. The first-order valence-corrected chi connectivity index (χ1v) is 10.9. The van der Waals surface area contributed by atoms with E-state index in [1.54, 1.807) is 37.4 Å². The van der Waals surface area contributed by atoms with E-state index in [0.29, 0.717) is 40.6 Å². The van der Waals surface area contributed by atoms with Gasteiger partial charge in [0.15, 0.2) is 11.5 Å². The second-order valence-electron chi connectivity index (χ2n) is 8.18. The Morgan fingerprint density at radius 1 is 0.882 bits per heavy atom. The SMILES string of the molecule is COc1ccc(C2=C(N(C)Cc3ccccc3)C(=O)N(Cc3ccc4c(c3)OCO4)C2=O)cc1. The maximum atomic E-state index is 13.6. The fraction of sp³-hybridized carbons (Fsp3) is 0.185. The van der Waals surface area contributed by atoms with E-state index in [4.69, 9.17) is 14.2 Å². The van der Waals surface area contributed by atoms with E-state index in [1.807, 2.05) is 54.4 Å². The molecular formula is C27H24N2O5. The Bertz CT molecular complexity index is 1270. The van der Waals surface area contributed by atoms with E-state index >= 15 is 0 Å². The van der Waals surface area contributed by atoms with Crippen molar-refractivity contribution < 1.29 is 23.8 Å². The van der Waals surface area contributed by atoms with Gasteiger partial charge in [-0.1, -0.05) is 48.5 Å². The molecule has 2 amide bonds. The lowest BCUT2D eigenvalue weighted by Gasteiger charge is -2.21. The molecular weight excluding hydrogens is 432 g/mol. The maximum absolute atomic E-state index is 13.6. The second kappa shape index (κ2) is 8.94. The number of carbonyl (C=O) groups excluding carboxylic acids is 2. The van der Waals surface area contributed by atoms with Crippen LogP contribution in [0.15, 0.2) is 78.5 Å². The summed E-state index contributed by atoms with van der Waals surface area (Å²) in [6.45, 7) is 0.793. The third-order valence-corrected chi connectivity index (χ3v) is 5.94. The predicted molar refractivity (Wildman–Crippen MR) is 126 cm³/mol. The standard InChI is InChI=1S/C27H24N2O5/c1-28(15-18-6-4-3-5-7-18)25-24(20-9-11-21(32-2)12-10-20)26(30)29(27(25)31)16-19-8-13-22-23(14-19)34-17-33-22/h3-14H,15-17H2,1-2H3. The highest BCUT2D eigenvalue weighted by Gasteiger charge is 2.41. The van der Waals surface area contributed by atoms with Gasteiger partial charge in [-0.2, -0.15) is 0 Å². The highest BCUT2D eigenvalue weighted by Crippen LogP contribution is 2.36. The molecule has 0 saturated carbocycles. The summed E-state index contributed by atoms with van der Waals surface area (Å²) >= 11 is 0. The van der Waals surface area contributed by atoms with Crippen LogP contribution in [0, 0.1) is 0 Å². The van der Waals surface area contributed by atoms with Crippen molar-refractivity contribution in [1.29, 1.82) is 0 Å². The number of carbonyl (C=O) groups is 2. The number of likely N-dealkylation sites (N-methyl/N-ethyl adjacent to an activating group) is 1. The molecule has 0 spiro atoms. The van der Waals surface area contributed by atoms with Gasteiger partial charge in [0.2, 0.25) is 6.79 Å². The van der Waals surface area contributed by atoms with Crippen molar-refractivity contribution in [2.45, 2.75) is 13.1 Å². The number of fused-ring (bicyclic) bond motifs is 1. The van der Waals surface area contributed by atoms with Gasteiger partial charge in [0.25, 0.3) is 11.8 Å². The molecule has 7 nitrogen and oxygen atoms in total. The summed E-state index contributed by atoms with van der Waals surface area (Å²) < 4.78 is 16.1. The maximum Gasteiger partial charge on any atom is 0.278 e. The van der Waals surface area contributed by atoms with Crippen LogP contribution in [-0.2, 0) is 22.7 Å². The van der Waals surface area contributed by atoms with Gasteiger partial charge in [-0.25, -0.2) is 0 Å². The summed E-state index contributed by atoms with van der Waals surface area (Å²) in [4.78, 5) is 30.4. The minimum atomic E-state index is -0.331. The van der Waals surface area contributed by atoms with Crippen LogP contribution in [0.2, 0.25) is 0 Å². The summed E-state index contributed by atoms with van der Waals surface area (Å²) in [6.07, 6.45) is 0. The molecule has 2 aliphatic rings. The first kappa shape index (κ1) is 21.6. The molecule has 0 saturated heterocycles. The number of ether oxygens (including phenoxy) is 3. The zero-order valence-corrected chi connectivity index (χ0v) is 19.0. The van der Waals surface area contributed by atoms with Gasteiger partial charge >= 0.3 is 0 Å². The smallest absolute Gasteiger partial charge is 0.278 e. The van der Waals surface area contributed by atoms with Crippen LogP contribution in [0.4, 0.5) is 0 Å². The normalized spacial score (nSPS) is 14.7. The van der Waals surface area contributed by atoms with E-state index in [0.717, 1.165) is 11.1 Å². The van der Waals surface area contributed by atoms with Crippen molar-refractivity contribution in [3.63, 3.8) is 0 Å². The number of hydrogen-bond acceptors (Lipinski definition) is 6. The van der Waals surface area contributed by atoms with Gasteiger partial charge in [0.05, 0.1) is 19.2 Å². The third-order valence-electron chi connectivity index (χ3n) is 5.94. The lowest BCUT2D eigenvalue weighted by molar-refractivity contribution is -0.138. The summed E-state index contributed by atoms with van der Waals surface area (Å²) in [5.74, 6) is 1.29. The largest absolute Gasteiger partial charge is 0.497 e. The third kappa shape index (κ3) is 3.96. The molecule has 0 aliphatic carbocycles. The van der Waals surface area contributed by atoms with Gasteiger partial charge in [0.1, 0.15) is 11.4 Å². The Balaban J connectivity index is 1.49. The van der Waals surface area contributed by atoms with Gasteiger partial charge in [-0.05, 0) is 41.0 Å². The van der Waals surface area contributed by atoms with Crippen LogP contribution in [0.25, 0.3) is 5.57 Å². The Morgan fingerprint density at radius 3 is 2.35 bits per heavy atom. The van der Waals surface area contributed by atoms with Crippen LogP contribution >= 0.6 is 0 Å². The average Bonchev–Trinajstić information content (AvgIpc) is 3.42. The number of imide groups is 1. The summed E-state index contributed by atoms with van der Waals surface area (Å²) in [5, 5.41) is 0. The lowest BCUT2D eigenvalue weighted by atomic mass is 10.0. The van der Waals surface area contributed by atoms with E-state index in [2.05, 4.69) is 0 Å². The molecule has 3 aromatic carbocycles. The van der Waals surface area contributed by atoms with Gasteiger partial charge in [0, 0.05) is 13.6 Å². The molecule has 5 rings (SSSR count). The van der Waals surface area contributed by atoms with Crippen molar-refractivity contribution in [3.8, 4) is 17.2 Å². The van der Waals surface area contributed by atoms with Crippen molar-refractivity contribution >= 4 is 17.4 Å². The molecule has 0 N–H and O–H groups in total. The van der Waals surface area contributed by atoms with Crippen molar-refractivity contribution in [1.82, 2.24) is 9.80 Å². The van der Waals surface area contributed by atoms with Crippen molar-refractivity contribution in [2.75, 3.05) is 21.0 Å². The molecule has 2 aliphatic heterocycles. The van der Waals surface area contributed by atoms with E-state index in [-0.39, 0.29) is 25.2 Å². The minimum Gasteiger partial charge on any atom is -0.497 e. The van der Waals surface area contributed by atoms with Crippen molar-refractivity contribution in [2.24, 2.45) is 0 Å².